The van der Waals surface area contributed by atoms with Crippen LogP contribution in [0.25, 0.3) is 0 Å². The van der Waals surface area contributed by atoms with Crippen LogP contribution in [0.3, 0.4) is 0 Å². The van der Waals surface area contributed by atoms with Crippen molar-refractivity contribution in [2.45, 2.75) is 19.9 Å². The van der Waals surface area contributed by atoms with E-state index in [2.05, 4.69) is 9.97 Å². The number of carbonyl (C=O) groups is 2. The average Bonchev–Trinajstić information content (AvgIpc) is 2.26. The first kappa shape index (κ1) is 12.1. The molecule has 0 aromatic carbocycles. The topological polar surface area (TPSA) is 83.4 Å². The van der Waals surface area contributed by atoms with Gasteiger partial charge in [-0.25, -0.2) is 14.8 Å². The van der Waals surface area contributed by atoms with Crippen molar-refractivity contribution in [3.05, 3.63) is 23.8 Å². The predicted molar refractivity (Wildman–Crippen MR) is 56.0 cm³/mol. The second-order valence-electron chi connectivity index (χ2n) is 3.45. The van der Waals surface area contributed by atoms with Crippen molar-refractivity contribution >= 4 is 11.9 Å². The van der Waals surface area contributed by atoms with Gasteiger partial charge in [-0.2, -0.15) is 0 Å². The van der Waals surface area contributed by atoms with Crippen molar-refractivity contribution in [3.8, 4) is 0 Å². The van der Waals surface area contributed by atoms with Crippen LogP contribution in [-0.4, -0.2) is 44.9 Å². The third kappa shape index (κ3) is 2.33. The number of carbonyl (C=O) groups excluding carboxylic acids is 1. The normalized spacial score (nSPS) is 11.9. The molecule has 0 saturated heterocycles. The Bertz CT molecular complexity index is 420. The predicted octanol–water partition coefficient (Wildman–Crippen LogP) is 0.330. The highest BCUT2D eigenvalue weighted by molar-refractivity contribution is 5.96. The van der Waals surface area contributed by atoms with Crippen LogP contribution < -0.4 is 0 Å². The van der Waals surface area contributed by atoms with Gasteiger partial charge >= 0.3 is 5.97 Å². The largest absolute Gasteiger partial charge is 0.480 e. The summed E-state index contributed by atoms with van der Waals surface area (Å²) in [5, 5.41) is 8.79. The summed E-state index contributed by atoms with van der Waals surface area (Å²) in [5.74, 6) is -1.45. The van der Waals surface area contributed by atoms with Crippen LogP contribution in [0.4, 0.5) is 0 Å². The van der Waals surface area contributed by atoms with E-state index in [1.54, 1.807) is 6.92 Å². The van der Waals surface area contributed by atoms with Crippen molar-refractivity contribution < 1.29 is 14.7 Å². The first-order valence-corrected chi connectivity index (χ1v) is 4.71. The zero-order valence-corrected chi connectivity index (χ0v) is 9.34. The molecule has 1 amide bonds. The number of aromatic nitrogens is 2. The van der Waals surface area contributed by atoms with Gasteiger partial charge < -0.3 is 10.0 Å². The van der Waals surface area contributed by atoms with Crippen LogP contribution in [0.15, 0.2) is 12.5 Å². The summed E-state index contributed by atoms with van der Waals surface area (Å²) < 4.78 is 0. The summed E-state index contributed by atoms with van der Waals surface area (Å²) in [7, 11) is 1.44. The van der Waals surface area contributed by atoms with Crippen LogP contribution in [0.2, 0.25) is 0 Å². The van der Waals surface area contributed by atoms with Crippen LogP contribution in [-0.2, 0) is 4.79 Å². The summed E-state index contributed by atoms with van der Waals surface area (Å²) >= 11 is 0. The quantitative estimate of drug-likeness (QED) is 0.798. The lowest BCUT2D eigenvalue weighted by molar-refractivity contribution is -0.141. The lowest BCUT2D eigenvalue weighted by Crippen LogP contribution is -2.40. The van der Waals surface area contributed by atoms with Gasteiger partial charge in [-0.15, -0.1) is 0 Å². The molecule has 6 nitrogen and oxygen atoms in total. The molecule has 0 spiro atoms. The smallest absolute Gasteiger partial charge is 0.326 e. The maximum Gasteiger partial charge on any atom is 0.326 e. The van der Waals surface area contributed by atoms with Crippen LogP contribution >= 0.6 is 0 Å². The number of hydrogen-bond donors (Lipinski definition) is 1. The molecular weight excluding hydrogens is 210 g/mol. The molecule has 86 valence electrons. The molecule has 1 heterocycles. The lowest BCUT2D eigenvalue weighted by atomic mass is 10.2. The Balaban J connectivity index is 2.95. The average molecular weight is 223 g/mol. The van der Waals surface area contributed by atoms with E-state index in [1.807, 2.05) is 0 Å². The minimum absolute atomic E-state index is 0.318. The van der Waals surface area contributed by atoms with Crippen LogP contribution in [0.1, 0.15) is 23.0 Å². The van der Waals surface area contributed by atoms with Gasteiger partial charge in [0.2, 0.25) is 0 Å². The Morgan fingerprint density at radius 1 is 1.50 bits per heavy atom. The summed E-state index contributed by atoms with van der Waals surface area (Å²) in [4.78, 5) is 31.4. The molecule has 0 aliphatic carbocycles. The zero-order valence-electron chi connectivity index (χ0n) is 9.34. The van der Waals surface area contributed by atoms with E-state index in [0.29, 0.717) is 11.3 Å². The number of carboxylic acids is 1. The highest BCUT2D eigenvalue weighted by Gasteiger charge is 2.24. The van der Waals surface area contributed by atoms with Crippen molar-refractivity contribution in [1.29, 1.82) is 0 Å². The maximum absolute atomic E-state index is 11.9. The van der Waals surface area contributed by atoms with Crippen molar-refractivity contribution in [2.24, 2.45) is 0 Å². The minimum Gasteiger partial charge on any atom is -0.480 e. The van der Waals surface area contributed by atoms with Crippen LogP contribution in [0, 0.1) is 6.92 Å². The zero-order chi connectivity index (χ0) is 12.3. The Hall–Kier alpha value is -1.98. The molecule has 1 aromatic rings. The molecule has 1 rings (SSSR count). The van der Waals surface area contributed by atoms with Crippen molar-refractivity contribution in [3.63, 3.8) is 0 Å². The number of likely N-dealkylation sites (N-methyl/N-ethyl adjacent to an activating group) is 1. The molecule has 6 heteroatoms. The third-order valence-electron chi connectivity index (χ3n) is 2.40. The fourth-order valence-electron chi connectivity index (χ4n) is 1.13. The fraction of sp³-hybridized carbons (Fsp3) is 0.400. The van der Waals surface area contributed by atoms with E-state index in [4.69, 9.17) is 5.11 Å². The summed E-state index contributed by atoms with van der Waals surface area (Å²) in [6.45, 7) is 3.12. The number of carboxylic acid groups (broad SMARTS) is 1. The summed E-state index contributed by atoms with van der Waals surface area (Å²) in [6.07, 6.45) is 2.72. The SMILES string of the molecule is Cc1ncncc1C(=O)N(C)C(C)C(=O)O. The number of nitrogens with zero attached hydrogens (tertiary/aromatic N) is 3. The molecular formula is C10H13N3O3. The standard InChI is InChI=1S/C10H13N3O3/c1-6-8(4-11-5-12-6)9(14)13(3)7(2)10(15)16/h4-5,7H,1-3H3,(H,15,16). The summed E-state index contributed by atoms with van der Waals surface area (Å²) in [6, 6.07) is -0.882. The van der Waals surface area contributed by atoms with E-state index in [-0.39, 0.29) is 0 Å². The molecule has 0 bridgehead atoms. The number of aliphatic carboxylic acids is 1. The third-order valence-corrected chi connectivity index (χ3v) is 2.40. The Morgan fingerprint density at radius 3 is 2.62 bits per heavy atom. The van der Waals surface area contributed by atoms with Gasteiger partial charge in [0.25, 0.3) is 5.91 Å². The fourth-order valence-corrected chi connectivity index (χ4v) is 1.13. The minimum atomic E-state index is -1.05. The molecule has 16 heavy (non-hydrogen) atoms. The molecule has 1 aromatic heterocycles. The number of rotatable bonds is 3. The van der Waals surface area contributed by atoms with E-state index >= 15 is 0 Å². The molecule has 0 aliphatic heterocycles. The van der Waals surface area contributed by atoms with E-state index in [0.717, 1.165) is 4.90 Å². The van der Waals surface area contributed by atoms with E-state index in [1.165, 1.54) is 26.5 Å². The Kier molecular flexibility index (Phi) is 3.55. The Labute approximate surface area is 92.9 Å². The second-order valence-corrected chi connectivity index (χ2v) is 3.45. The Morgan fingerprint density at radius 2 is 2.12 bits per heavy atom. The van der Waals surface area contributed by atoms with Gasteiger partial charge in [-0.3, -0.25) is 4.79 Å². The first-order chi connectivity index (χ1) is 7.45. The van der Waals surface area contributed by atoms with Crippen molar-refractivity contribution in [2.75, 3.05) is 7.05 Å². The molecule has 1 N–H and O–H groups in total. The summed E-state index contributed by atoms with van der Waals surface area (Å²) in [5.41, 5.74) is 0.850. The molecule has 1 atom stereocenters. The van der Waals surface area contributed by atoms with Crippen LogP contribution in [0.5, 0.6) is 0 Å². The first-order valence-electron chi connectivity index (χ1n) is 4.71. The van der Waals surface area contributed by atoms with Gasteiger partial charge in [-0.05, 0) is 13.8 Å². The molecule has 0 radical (unpaired) electrons. The second kappa shape index (κ2) is 4.69. The lowest BCUT2D eigenvalue weighted by Gasteiger charge is -2.21. The molecule has 1 unspecified atom stereocenters. The number of hydrogen-bond acceptors (Lipinski definition) is 4. The van der Waals surface area contributed by atoms with Gasteiger partial charge in [0.1, 0.15) is 12.4 Å². The maximum atomic E-state index is 11.9. The van der Waals surface area contributed by atoms with Gasteiger partial charge in [0.05, 0.1) is 11.3 Å². The number of aryl methyl sites for hydroxylation is 1. The van der Waals surface area contributed by atoms with Gasteiger partial charge in [0.15, 0.2) is 0 Å². The van der Waals surface area contributed by atoms with E-state index < -0.39 is 17.9 Å². The molecule has 0 fully saturated rings. The number of amides is 1. The highest BCUT2D eigenvalue weighted by atomic mass is 16.4. The molecule has 0 aliphatic rings. The van der Waals surface area contributed by atoms with Gasteiger partial charge in [-0.1, -0.05) is 0 Å². The molecule has 0 saturated carbocycles. The highest BCUT2D eigenvalue weighted by Crippen LogP contribution is 2.08. The van der Waals surface area contributed by atoms with Crippen molar-refractivity contribution in [1.82, 2.24) is 14.9 Å². The van der Waals surface area contributed by atoms with Gasteiger partial charge in [0, 0.05) is 13.2 Å². The van der Waals surface area contributed by atoms with E-state index in [9.17, 15) is 9.59 Å². The monoisotopic (exact) mass is 223 g/mol.